The topological polar surface area (TPSA) is 83.6 Å². The van der Waals surface area contributed by atoms with Gasteiger partial charge in [-0.05, 0) is 31.6 Å². The van der Waals surface area contributed by atoms with Crippen LogP contribution < -0.4 is 5.32 Å². The summed E-state index contributed by atoms with van der Waals surface area (Å²) in [6.07, 6.45) is 5.41. The molecule has 2 aromatic rings. The molecule has 0 spiro atoms. The van der Waals surface area contributed by atoms with Crippen LogP contribution in [0.5, 0.6) is 0 Å². The lowest BCUT2D eigenvalue weighted by Crippen LogP contribution is -2.14. The normalized spacial score (nSPS) is 14.0. The van der Waals surface area contributed by atoms with Crippen LogP contribution in [0.15, 0.2) is 5.16 Å². The molecule has 124 valence electrons. The molecule has 1 aliphatic carbocycles. The lowest BCUT2D eigenvalue weighted by Gasteiger charge is -2.06. The highest BCUT2D eigenvalue weighted by atomic mass is 32.2. The second kappa shape index (κ2) is 7.44. The largest absolute Gasteiger partial charge is 0.301 e. The molecule has 23 heavy (non-hydrogen) atoms. The summed E-state index contributed by atoms with van der Waals surface area (Å²) >= 11 is 2.95. The second-order valence-corrected chi connectivity index (χ2v) is 8.12. The van der Waals surface area contributed by atoms with E-state index in [0.29, 0.717) is 16.8 Å². The zero-order chi connectivity index (χ0) is 16.2. The van der Waals surface area contributed by atoms with Crippen molar-refractivity contribution in [3.05, 3.63) is 16.4 Å². The molecule has 2 heterocycles. The molecule has 0 aliphatic heterocycles. The molecule has 0 atom stereocenters. The van der Waals surface area contributed by atoms with Gasteiger partial charge in [0.25, 0.3) is 0 Å². The quantitative estimate of drug-likeness (QED) is 0.782. The van der Waals surface area contributed by atoms with Crippen molar-refractivity contribution in [1.82, 2.24) is 20.2 Å². The smallest absolute Gasteiger partial charge is 0.236 e. The van der Waals surface area contributed by atoms with Gasteiger partial charge < -0.3 is 5.32 Å². The van der Waals surface area contributed by atoms with Gasteiger partial charge in [-0.1, -0.05) is 25.6 Å². The number of amides is 1. The first-order valence-corrected chi connectivity index (χ1v) is 9.73. The Balaban J connectivity index is 1.49. The van der Waals surface area contributed by atoms with E-state index in [9.17, 15) is 4.79 Å². The van der Waals surface area contributed by atoms with Gasteiger partial charge in [0, 0.05) is 11.3 Å². The van der Waals surface area contributed by atoms with Crippen LogP contribution in [0.2, 0.25) is 0 Å². The van der Waals surface area contributed by atoms with Crippen molar-refractivity contribution < 1.29 is 4.79 Å². The Labute approximate surface area is 143 Å². The van der Waals surface area contributed by atoms with Crippen molar-refractivity contribution in [2.75, 3.05) is 11.1 Å². The first-order chi connectivity index (χ1) is 11.1. The summed E-state index contributed by atoms with van der Waals surface area (Å²) in [6.45, 7) is 4.27. The SMILES string of the molecule is CC(C)Cc1nc(SCC(=O)Nc2nc3c(s2)CCCC3)n[nH]1. The Hall–Kier alpha value is -1.41. The number of nitrogens with one attached hydrogen (secondary N) is 2. The van der Waals surface area contributed by atoms with Crippen molar-refractivity contribution in [2.24, 2.45) is 5.92 Å². The number of aromatic nitrogens is 4. The Kier molecular flexibility index (Phi) is 5.32. The Morgan fingerprint density at radius 2 is 2.17 bits per heavy atom. The summed E-state index contributed by atoms with van der Waals surface area (Å²) < 4.78 is 0. The van der Waals surface area contributed by atoms with Crippen molar-refractivity contribution in [3.63, 3.8) is 0 Å². The number of anilines is 1. The molecular formula is C15H21N5OS2. The number of rotatable bonds is 6. The van der Waals surface area contributed by atoms with Crippen LogP contribution in [-0.2, 0) is 24.1 Å². The maximum absolute atomic E-state index is 12.1. The summed E-state index contributed by atoms with van der Waals surface area (Å²) in [4.78, 5) is 22.3. The molecule has 0 saturated carbocycles. The predicted molar refractivity (Wildman–Crippen MR) is 93.0 cm³/mol. The molecule has 0 radical (unpaired) electrons. The third-order valence-electron chi connectivity index (χ3n) is 3.54. The number of aryl methyl sites for hydroxylation is 2. The van der Waals surface area contributed by atoms with E-state index in [0.717, 1.165) is 35.9 Å². The molecule has 6 nitrogen and oxygen atoms in total. The molecule has 0 bridgehead atoms. The molecule has 0 unspecified atom stereocenters. The summed E-state index contributed by atoms with van der Waals surface area (Å²) in [7, 11) is 0. The molecule has 2 N–H and O–H groups in total. The first kappa shape index (κ1) is 16.4. The van der Waals surface area contributed by atoms with Gasteiger partial charge in [0.2, 0.25) is 11.1 Å². The van der Waals surface area contributed by atoms with Crippen molar-refractivity contribution >= 4 is 34.1 Å². The number of nitrogens with zero attached hydrogens (tertiary/aromatic N) is 3. The number of carbonyl (C=O) groups is 1. The summed E-state index contributed by atoms with van der Waals surface area (Å²) in [5.41, 5.74) is 1.16. The van der Waals surface area contributed by atoms with Crippen molar-refractivity contribution in [2.45, 2.75) is 51.1 Å². The van der Waals surface area contributed by atoms with E-state index in [-0.39, 0.29) is 5.91 Å². The van der Waals surface area contributed by atoms with Gasteiger partial charge in [0.05, 0.1) is 11.4 Å². The van der Waals surface area contributed by atoms with Crippen molar-refractivity contribution in [3.8, 4) is 0 Å². The minimum absolute atomic E-state index is 0.0590. The van der Waals surface area contributed by atoms with E-state index in [1.165, 1.54) is 29.5 Å². The number of carbonyl (C=O) groups excluding carboxylic acids is 1. The summed E-state index contributed by atoms with van der Waals surface area (Å²) in [5, 5.41) is 11.3. The van der Waals surface area contributed by atoms with Gasteiger partial charge in [-0.15, -0.1) is 16.4 Å². The highest BCUT2D eigenvalue weighted by Crippen LogP contribution is 2.29. The number of hydrogen-bond acceptors (Lipinski definition) is 6. The number of H-pyrrole nitrogens is 1. The number of thiazole rings is 1. The van der Waals surface area contributed by atoms with Crippen LogP contribution in [0.3, 0.4) is 0 Å². The van der Waals surface area contributed by atoms with E-state index in [2.05, 4.69) is 39.3 Å². The average Bonchev–Trinajstić information content (AvgIpc) is 3.10. The van der Waals surface area contributed by atoms with E-state index in [1.54, 1.807) is 11.3 Å². The molecule has 0 aromatic carbocycles. The van der Waals surface area contributed by atoms with Gasteiger partial charge in [0.1, 0.15) is 5.82 Å². The molecular weight excluding hydrogens is 330 g/mol. The molecule has 1 aliphatic rings. The van der Waals surface area contributed by atoms with Gasteiger partial charge >= 0.3 is 0 Å². The molecule has 0 saturated heterocycles. The lowest BCUT2D eigenvalue weighted by molar-refractivity contribution is -0.113. The molecule has 2 aromatic heterocycles. The Morgan fingerprint density at radius 1 is 1.35 bits per heavy atom. The predicted octanol–water partition coefficient (Wildman–Crippen LogP) is 3.07. The third kappa shape index (κ3) is 4.54. The van der Waals surface area contributed by atoms with Crippen molar-refractivity contribution in [1.29, 1.82) is 0 Å². The standard InChI is InChI=1S/C15H21N5OS2/c1-9(2)7-12-17-15(20-19-12)22-8-13(21)18-14-16-10-5-3-4-6-11(10)23-14/h9H,3-8H2,1-2H3,(H,16,18,21)(H,17,19,20). The van der Waals surface area contributed by atoms with Crippen LogP contribution in [-0.4, -0.2) is 31.8 Å². The molecule has 0 fully saturated rings. The minimum atomic E-state index is -0.0590. The summed E-state index contributed by atoms with van der Waals surface area (Å²) in [5.74, 6) is 1.63. The highest BCUT2D eigenvalue weighted by Gasteiger charge is 2.16. The van der Waals surface area contributed by atoms with Gasteiger partial charge in [-0.2, -0.15) is 0 Å². The lowest BCUT2D eigenvalue weighted by atomic mass is 10.0. The zero-order valence-corrected chi connectivity index (χ0v) is 15.0. The van der Waals surface area contributed by atoms with E-state index < -0.39 is 0 Å². The maximum Gasteiger partial charge on any atom is 0.236 e. The fourth-order valence-corrected chi connectivity index (χ4v) is 4.19. The first-order valence-electron chi connectivity index (χ1n) is 7.92. The summed E-state index contributed by atoms with van der Waals surface area (Å²) in [6, 6.07) is 0. The van der Waals surface area contributed by atoms with Gasteiger partial charge in [-0.25, -0.2) is 9.97 Å². The number of hydrogen-bond donors (Lipinski definition) is 2. The van der Waals surface area contributed by atoms with Crippen LogP contribution in [0, 0.1) is 5.92 Å². The van der Waals surface area contributed by atoms with Gasteiger partial charge in [0.15, 0.2) is 5.13 Å². The third-order valence-corrected chi connectivity index (χ3v) is 5.46. The number of thioether (sulfide) groups is 1. The Bertz CT molecular complexity index is 656. The number of aromatic amines is 1. The van der Waals surface area contributed by atoms with Crippen LogP contribution in [0.25, 0.3) is 0 Å². The maximum atomic E-state index is 12.1. The molecule has 1 amide bonds. The minimum Gasteiger partial charge on any atom is -0.301 e. The van der Waals surface area contributed by atoms with E-state index >= 15 is 0 Å². The number of fused-ring (bicyclic) bond motifs is 1. The average molecular weight is 352 g/mol. The second-order valence-electron chi connectivity index (χ2n) is 6.10. The molecule has 3 rings (SSSR count). The van der Waals surface area contributed by atoms with Crippen LogP contribution >= 0.6 is 23.1 Å². The molecule has 8 heteroatoms. The van der Waals surface area contributed by atoms with Crippen LogP contribution in [0.4, 0.5) is 5.13 Å². The van der Waals surface area contributed by atoms with E-state index in [1.807, 2.05) is 0 Å². The fourth-order valence-electron chi connectivity index (χ4n) is 2.51. The Morgan fingerprint density at radius 3 is 2.96 bits per heavy atom. The monoisotopic (exact) mass is 351 g/mol. The van der Waals surface area contributed by atoms with Crippen LogP contribution in [0.1, 0.15) is 43.1 Å². The van der Waals surface area contributed by atoms with E-state index in [4.69, 9.17) is 0 Å². The zero-order valence-electron chi connectivity index (χ0n) is 13.4. The fraction of sp³-hybridized carbons (Fsp3) is 0.600. The highest BCUT2D eigenvalue weighted by molar-refractivity contribution is 7.99. The van der Waals surface area contributed by atoms with Gasteiger partial charge in [-0.3, -0.25) is 9.89 Å².